The number of hydrogen-bond acceptors (Lipinski definition) is 2. The van der Waals surface area contributed by atoms with Gasteiger partial charge in [0.25, 0.3) is 0 Å². The average Bonchev–Trinajstić information content (AvgIpc) is 2.82. The van der Waals surface area contributed by atoms with E-state index in [1.54, 1.807) is 0 Å². The van der Waals surface area contributed by atoms with Crippen LogP contribution in [0, 0.1) is 6.92 Å². The molecular weight excluding hydrogens is 426 g/mol. The van der Waals surface area contributed by atoms with Crippen molar-refractivity contribution in [2.75, 3.05) is 4.90 Å². The molecule has 0 atom stereocenters. The van der Waals surface area contributed by atoms with Crippen molar-refractivity contribution in [1.29, 1.82) is 0 Å². The number of aromatic hydroxyl groups is 1. The van der Waals surface area contributed by atoms with E-state index in [1.807, 2.05) is 55.5 Å². The molecule has 5 rings (SSSR count). The van der Waals surface area contributed by atoms with Crippen LogP contribution in [-0.2, 0) is 6.54 Å². The Hall–Kier alpha value is -3.75. The van der Waals surface area contributed by atoms with Crippen molar-refractivity contribution in [2.24, 2.45) is 0 Å². The molecule has 0 aromatic heterocycles. The first-order valence-electron chi connectivity index (χ1n) is 10.9. The van der Waals surface area contributed by atoms with Gasteiger partial charge in [-0.25, -0.2) is 0 Å². The zero-order valence-electron chi connectivity index (χ0n) is 18.5. The highest BCUT2D eigenvalue weighted by molar-refractivity contribution is 6.30. The van der Waals surface area contributed by atoms with Gasteiger partial charge in [-0.15, -0.1) is 0 Å². The number of aryl methyl sites for hydroxylation is 1. The maximum absolute atomic E-state index is 10.4. The van der Waals surface area contributed by atoms with Crippen LogP contribution < -0.4 is 4.90 Å². The maximum Gasteiger partial charge on any atom is 0.119 e. The lowest BCUT2D eigenvalue weighted by Crippen LogP contribution is -2.22. The van der Waals surface area contributed by atoms with Crippen LogP contribution in [-0.4, -0.2) is 5.11 Å². The van der Waals surface area contributed by atoms with Crippen molar-refractivity contribution < 1.29 is 5.11 Å². The molecule has 0 amide bonds. The predicted octanol–water partition coefficient (Wildman–Crippen LogP) is 8.14. The molecule has 0 bridgehead atoms. The number of anilines is 1. The van der Waals surface area contributed by atoms with Gasteiger partial charge in [0, 0.05) is 34.6 Å². The summed E-state index contributed by atoms with van der Waals surface area (Å²) in [6.07, 6.45) is 2.12. The topological polar surface area (TPSA) is 23.5 Å². The zero-order valence-corrected chi connectivity index (χ0v) is 19.2. The van der Waals surface area contributed by atoms with E-state index in [0.29, 0.717) is 11.6 Å². The van der Waals surface area contributed by atoms with Gasteiger partial charge >= 0.3 is 0 Å². The first kappa shape index (κ1) is 21.1. The Labute approximate surface area is 199 Å². The van der Waals surface area contributed by atoms with E-state index in [2.05, 4.69) is 54.6 Å². The second-order valence-electron chi connectivity index (χ2n) is 8.47. The molecule has 162 valence electrons. The number of fused-ring (bicyclic) bond motifs is 2. The molecule has 0 aliphatic carbocycles. The van der Waals surface area contributed by atoms with Gasteiger partial charge in [-0.3, -0.25) is 0 Å². The highest BCUT2D eigenvalue weighted by atomic mass is 35.5. The van der Waals surface area contributed by atoms with Crippen molar-refractivity contribution in [3.8, 4) is 5.75 Å². The van der Waals surface area contributed by atoms with Gasteiger partial charge in [0.05, 0.1) is 0 Å². The van der Waals surface area contributed by atoms with E-state index in [1.165, 1.54) is 10.8 Å². The molecule has 0 spiro atoms. The summed E-state index contributed by atoms with van der Waals surface area (Å²) in [7, 11) is 0. The first-order valence-corrected chi connectivity index (χ1v) is 11.2. The second kappa shape index (κ2) is 8.31. The number of hydrogen-bond donors (Lipinski definition) is 1. The Morgan fingerprint density at radius 2 is 1.67 bits per heavy atom. The third-order valence-corrected chi connectivity index (χ3v) is 6.50. The third kappa shape index (κ3) is 3.94. The van der Waals surface area contributed by atoms with Gasteiger partial charge in [-0.1, -0.05) is 73.3 Å². The fourth-order valence-electron chi connectivity index (χ4n) is 4.32. The number of rotatable bonds is 4. The van der Waals surface area contributed by atoms with Crippen LogP contribution in [0.15, 0.2) is 104 Å². The van der Waals surface area contributed by atoms with Gasteiger partial charge in [0.2, 0.25) is 0 Å². The van der Waals surface area contributed by atoms with Crippen molar-refractivity contribution in [2.45, 2.75) is 13.5 Å². The van der Waals surface area contributed by atoms with Gasteiger partial charge in [0.15, 0.2) is 0 Å². The molecule has 0 saturated carbocycles. The molecular formula is C30H24ClNO. The molecule has 3 heteroatoms. The smallest absolute Gasteiger partial charge is 0.119 e. The van der Waals surface area contributed by atoms with Crippen molar-refractivity contribution >= 4 is 39.2 Å². The predicted molar refractivity (Wildman–Crippen MR) is 141 cm³/mol. The Kier molecular flexibility index (Phi) is 5.32. The lowest BCUT2D eigenvalue weighted by Gasteiger charge is -2.32. The van der Waals surface area contributed by atoms with Crippen LogP contribution in [0.5, 0.6) is 5.75 Å². The van der Waals surface area contributed by atoms with Crippen LogP contribution >= 0.6 is 11.6 Å². The summed E-state index contributed by atoms with van der Waals surface area (Å²) in [4.78, 5) is 2.20. The molecule has 4 aromatic carbocycles. The van der Waals surface area contributed by atoms with Crippen LogP contribution in [0.4, 0.5) is 5.69 Å². The minimum absolute atomic E-state index is 0.263. The summed E-state index contributed by atoms with van der Waals surface area (Å²) in [5.74, 6) is 0.263. The van der Waals surface area contributed by atoms with E-state index in [0.717, 1.165) is 44.7 Å². The Bertz CT molecular complexity index is 1450. The summed E-state index contributed by atoms with van der Waals surface area (Å²) < 4.78 is 0. The lowest BCUT2D eigenvalue weighted by atomic mass is 9.86. The third-order valence-electron chi connectivity index (χ3n) is 6.25. The molecule has 1 heterocycles. The number of allylic oxidation sites excluding steroid dienone is 3. The Morgan fingerprint density at radius 1 is 0.939 bits per heavy atom. The molecule has 0 radical (unpaired) electrons. The summed E-state index contributed by atoms with van der Waals surface area (Å²) in [6, 6.07) is 26.4. The van der Waals surface area contributed by atoms with Crippen molar-refractivity contribution in [3.05, 3.63) is 131 Å². The normalized spacial score (nSPS) is 13.1. The second-order valence-corrected chi connectivity index (χ2v) is 8.91. The zero-order chi connectivity index (χ0) is 23.1. The molecule has 2 nitrogen and oxygen atoms in total. The Morgan fingerprint density at radius 3 is 2.42 bits per heavy atom. The van der Waals surface area contributed by atoms with Crippen LogP contribution in [0.25, 0.3) is 21.9 Å². The number of phenols is 1. The van der Waals surface area contributed by atoms with Gasteiger partial charge in [-0.05, 0) is 75.9 Å². The van der Waals surface area contributed by atoms with Gasteiger partial charge in [0.1, 0.15) is 5.75 Å². The highest BCUT2D eigenvalue weighted by Crippen LogP contribution is 2.44. The Balaban J connectivity index is 1.59. The fraction of sp³-hybridized carbons (Fsp3) is 0.0667. The molecule has 4 aromatic rings. The van der Waals surface area contributed by atoms with Crippen molar-refractivity contribution in [3.63, 3.8) is 0 Å². The fourth-order valence-corrected chi connectivity index (χ4v) is 4.44. The van der Waals surface area contributed by atoms with Gasteiger partial charge < -0.3 is 10.0 Å². The number of nitrogens with zero attached hydrogens (tertiary/aromatic N) is 1. The molecule has 1 N–H and O–H groups in total. The first-order chi connectivity index (χ1) is 15.9. The average molecular weight is 450 g/mol. The van der Waals surface area contributed by atoms with E-state index in [9.17, 15) is 5.11 Å². The van der Waals surface area contributed by atoms with Crippen LogP contribution in [0.2, 0.25) is 5.02 Å². The lowest BCUT2D eigenvalue weighted by molar-refractivity contribution is 0.471. The quantitative estimate of drug-likeness (QED) is 0.340. The molecule has 1 aliphatic heterocycles. The molecule has 1 aliphatic rings. The molecule has 0 saturated heterocycles. The minimum Gasteiger partial charge on any atom is -0.508 e. The van der Waals surface area contributed by atoms with E-state index in [-0.39, 0.29) is 5.75 Å². The van der Waals surface area contributed by atoms with E-state index >= 15 is 0 Å². The van der Waals surface area contributed by atoms with Crippen molar-refractivity contribution in [1.82, 2.24) is 0 Å². The van der Waals surface area contributed by atoms with Crippen LogP contribution in [0.1, 0.15) is 22.3 Å². The van der Waals surface area contributed by atoms with E-state index < -0.39 is 0 Å². The largest absolute Gasteiger partial charge is 0.508 e. The minimum atomic E-state index is 0.263. The molecule has 0 unspecified atom stereocenters. The maximum atomic E-state index is 10.4. The SMILES string of the molecule is C=C(C1=CN(Cc2ccc(Cl)cc2)c2cc(C)c(O)cc2C1=C)c1ccc2ccccc2c1. The summed E-state index contributed by atoms with van der Waals surface area (Å²) in [6.45, 7) is 11.4. The molecule has 0 fully saturated rings. The number of halogens is 1. The summed E-state index contributed by atoms with van der Waals surface area (Å²) in [5, 5.41) is 13.5. The monoisotopic (exact) mass is 449 g/mol. The standard InChI is InChI=1S/C30H24ClNO/c1-19-14-29-27(16-30(19)33)21(3)28(18-32(29)17-22-8-12-26(31)13-9-22)20(2)24-11-10-23-6-4-5-7-25(23)15-24/h4-16,18,33H,2-3,17H2,1H3. The highest BCUT2D eigenvalue weighted by Gasteiger charge is 2.24. The van der Waals surface area contributed by atoms with E-state index in [4.69, 9.17) is 11.6 Å². The molecule has 33 heavy (non-hydrogen) atoms. The summed E-state index contributed by atoms with van der Waals surface area (Å²) >= 11 is 6.09. The number of benzene rings is 4. The summed E-state index contributed by atoms with van der Waals surface area (Å²) in [5.41, 5.74) is 7.64. The van der Waals surface area contributed by atoms with Gasteiger partial charge in [-0.2, -0.15) is 0 Å². The van der Waals surface area contributed by atoms with Crippen LogP contribution in [0.3, 0.4) is 0 Å². The number of phenolic OH excluding ortho intramolecular Hbond substituents is 1.